The van der Waals surface area contributed by atoms with Gasteiger partial charge in [0.2, 0.25) is 5.91 Å². The highest BCUT2D eigenvalue weighted by Gasteiger charge is 2.11. The van der Waals surface area contributed by atoms with Crippen molar-refractivity contribution in [2.45, 2.75) is 19.8 Å². The number of carbonyl (C=O) groups is 1. The average molecular weight is 317 g/mol. The molecule has 4 nitrogen and oxygen atoms in total. The first-order valence-electron chi connectivity index (χ1n) is 7.30. The molecule has 0 radical (unpaired) electrons. The Bertz CT molecular complexity index is 683. The molecule has 1 amide bonds. The summed E-state index contributed by atoms with van der Waals surface area (Å²) < 4.78 is 23.3. The van der Waals surface area contributed by atoms with Crippen molar-refractivity contribution in [1.82, 2.24) is 0 Å². The zero-order valence-electron chi connectivity index (χ0n) is 13.5. The van der Waals surface area contributed by atoms with E-state index in [2.05, 4.69) is 5.32 Å². The molecule has 0 unspecified atom stereocenters. The Morgan fingerprint density at radius 3 is 2.30 bits per heavy atom. The van der Waals surface area contributed by atoms with E-state index >= 15 is 0 Å². The predicted molar refractivity (Wildman–Crippen MR) is 87.6 cm³/mol. The van der Waals surface area contributed by atoms with Gasteiger partial charge in [-0.25, -0.2) is 4.39 Å². The molecule has 2 aromatic carbocycles. The van der Waals surface area contributed by atoms with Gasteiger partial charge in [-0.1, -0.05) is 12.1 Å². The molecule has 0 spiro atoms. The lowest BCUT2D eigenvalue weighted by molar-refractivity contribution is -0.116. The monoisotopic (exact) mass is 317 g/mol. The lowest BCUT2D eigenvalue weighted by Gasteiger charge is -2.13. The number of anilines is 1. The zero-order valence-corrected chi connectivity index (χ0v) is 13.5. The molecule has 5 heteroatoms. The van der Waals surface area contributed by atoms with Gasteiger partial charge in [-0.2, -0.15) is 0 Å². The largest absolute Gasteiger partial charge is 0.493 e. The molecule has 0 saturated carbocycles. The summed E-state index contributed by atoms with van der Waals surface area (Å²) in [6.45, 7) is 1.89. The van der Waals surface area contributed by atoms with Gasteiger partial charge in [-0.05, 0) is 42.7 Å². The maximum atomic E-state index is 12.8. The molecule has 0 heterocycles. The van der Waals surface area contributed by atoms with Gasteiger partial charge >= 0.3 is 0 Å². The van der Waals surface area contributed by atoms with Crippen LogP contribution in [-0.4, -0.2) is 20.1 Å². The van der Waals surface area contributed by atoms with Crippen LogP contribution in [0.4, 0.5) is 10.1 Å². The van der Waals surface area contributed by atoms with E-state index < -0.39 is 0 Å². The van der Waals surface area contributed by atoms with Crippen LogP contribution in [0.3, 0.4) is 0 Å². The van der Waals surface area contributed by atoms with Crippen LogP contribution in [0.15, 0.2) is 36.4 Å². The van der Waals surface area contributed by atoms with Crippen LogP contribution in [0.2, 0.25) is 0 Å². The standard InChI is InChI=1S/C18H20FNO3/c1-12-10-16(22-2)17(23-3)11-15(12)20-18(21)9-6-13-4-7-14(19)8-5-13/h4-5,7-8,10-11H,6,9H2,1-3H3,(H,20,21). The minimum atomic E-state index is -0.279. The maximum Gasteiger partial charge on any atom is 0.224 e. The number of halogens is 1. The van der Waals surface area contributed by atoms with E-state index in [1.807, 2.05) is 13.0 Å². The van der Waals surface area contributed by atoms with Crippen molar-refractivity contribution in [3.05, 3.63) is 53.3 Å². The van der Waals surface area contributed by atoms with Gasteiger partial charge in [-0.15, -0.1) is 0 Å². The van der Waals surface area contributed by atoms with E-state index in [9.17, 15) is 9.18 Å². The molecule has 1 N–H and O–H groups in total. The molecule has 0 aliphatic carbocycles. The summed E-state index contributed by atoms with van der Waals surface area (Å²) in [6, 6.07) is 9.71. The van der Waals surface area contributed by atoms with E-state index in [0.717, 1.165) is 11.1 Å². The summed E-state index contributed by atoms with van der Waals surface area (Å²) in [5, 5.41) is 2.87. The van der Waals surface area contributed by atoms with Crippen LogP contribution in [0.25, 0.3) is 0 Å². The van der Waals surface area contributed by atoms with E-state index in [1.165, 1.54) is 12.1 Å². The molecule has 0 aliphatic heterocycles. The first-order chi connectivity index (χ1) is 11.0. The Kier molecular flexibility index (Phi) is 5.57. The topological polar surface area (TPSA) is 47.6 Å². The number of aryl methyl sites for hydroxylation is 2. The number of hydrogen-bond acceptors (Lipinski definition) is 3. The quantitative estimate of drug-likeness (QED) is 0.883. The molecule has 0 fully saturated rings. The fraction of sp³-hybridized carbons (Fsp3) is 0.278. The SMILES string of the molecule is COc1cc(C)c(NC(=O)CCc2ccc(F)cc2)cc1OC. The van der Waals surface area contributed by atoms with Crippen molar-refractivity contribution >= 4 is 11.6 Å². The number of hydrogen-bond donors (Lipinski definition) is 1. The summed E-state index contributed by atoms with van der Waals surface area (Å²) in [5.74, 6) is 0.796. The molecule has 0 atom stereocenters. The van der Waals surface area contributed by atoms with E-state index in [0.29, 0.717) is 30.0 Å². The van der Waals surface area contributed by atoms with Crippen LogP contribution in [0, 0.1) is 12.7 Å². The van der Waals surface area contributed by atoms with Crippen molar-refractivity contribution in [2.24, 2.45) is 0 Å². The summed E-state index contributed by atoms with van der Waals surface area (Å²) in [7, 11) is 3.12. The Balaban J connectivity index is 2.01. The van der Waals surface area contributed by atoms with Crippen molar-refractivity contribution in [2.75, 3.05) is 19.5 Å². The zero-order chi connectivity index (χ0) is 16.8. The third-order valence-electron chi connectivity index (χ3n) is 3.56. The van der Waals surface area contributed by atoms with E-state index in [-0.39, 0.29) is 11.7 Å². The van der Waals surface area contributed by atoms with Gasteiger partial charge in [0, 0.05) is 18.2 Å². The maximum absolute atomic E-state index is 12.8. The van der Waals surface area contributed by atoms with Crippen molar-refractivity contribution in [1.29, 1.82) is 0 Å². The van der Waals surface area contributed by atoms with Crippen LogP contribution in [0.5, 0.6) is 11.5 Å². The molecule has 2 aromatic rings. The highest BCUT2D eigenvalue weighted by atomic mass is 19.1. The number of benzene rings is 2. The van der Waals surface area contributed by atoms with Crippen LogP contribution in [-0.2, 0) is 11.2 Å². The lowest BCUT2D eigenvalue weighted by Crippen LogP contribution is -2.13. The predicted octanol–water partition coefficient (Wildman–Crippen LogP) is 3.72. The smallest absolute Gasteiger partial charge is 0.224 e. The fourth-order valence-corrected chi connectivity index (χ4v) is 2.24. The first-order valence-corrected chi connectivity index (χ1v) is 7.30. The lowest BCUT2D eigenvalue weighted by atomic mass is 10.1. The number of amides is 1. The fourth-order valence-electron chi connectivity index (χ4n) is 2.24. The van der Waals surface area contributed by atoms with Gasteiger partial charge in [0.1, 0.15) is 5.82 Å². The summed E-state index contributed by atoms with van der Waals surface area (Å²) in [6.07, 6.45) is 0.873. The third kappa shape index (κ3) is 4.45. The number of rotatable bonds is 6. The van der Waals surface area contributed by atoms with Crippen LogP contribution >= 0.6 is 0 Å². The first kappa shape index (κ1) is 16.8. The Morgan fingerprint density at radius 1 is 1.09 bits per heavy atom. The van der Waals surface area contributed by atoms with Crippen LogP contribution < -0.4 is 14.8 Å². The van der Waals surface area contributed by atoms with Crippen molar-refractivity contribution < 1.29 is 18.7 Å². The van der Waals surface area contributed by atoms with Crippen molar-refractivity contribution in [3.63, 3.8) is 0 Å². The van der Waals surface area contributed by atoms with Crippen LogP contribution in [0.1, 0.15) is 17.5 Å². The summed E-state index contributed by atoms with van der Waals surface area (Å²) in [4.78, 5) is 12.1. The second-order valence-corrected chi connectivity index (χ2v) is 5.20. The molecule has 23 heavy (non-hydrogen) atoms. The normalized spacial score (nSPS) is 10.3. The number of methoxy groups -OCH3 is 2. The second-order valence-electron chi connectivity index (χ2n) is 5.20. The molecular weight excluding hydrogens is 297 g/mol. The molecule has 0 saturated heterocycles. The molecule has 0 bridgehead atoms. The van der Waals surface area contributed by atoms with E-state index in [4.69, 9.17) is 9.47 Å². The van der Waals surface area contributed by atoms with E-state index in [1.54, 1.807) is 32.4 Å². The minimum absolute atomic E-state index is 0.107. The van der Waals surface area contributed by atoms with Gasteiger partial charge in [-0.3, -0.25) is 4.79 Å². The molecule has 122 valence electrons. The number of ether oxygens (including phenoxy) is 2. The minimum Gasteiger partial charge on any atom is -0.493 e. The van der Waals surface area contributed by atoms with Gasteiger partial charge in [0.15, 0.2) is 11.5 Å². The third-order valence-corrected chi connectivity index (χ3v) is 3.56. The van der Waals surface area contributed by atoms with Gasteiger partial charge in [0.05, 0.1) is 14.2 Å². The molecule has 2 rings (SSSR count). The number of nitrogens with one attached hydrogen (secondary N) is 1. The Morgan fingerprint density at radius 2 is 1.70 bits per heavy atom. The molecule has 0 aliphatic rings. The summed E-state index contributed by atoms with van der Waals surface area (Å²) >= 11 is 0. The molecular formula is C18H20FNO3. The highest BCUT2D eigenvalue weighted by Crippen LogP contribution is 2.32. The van der Waals surface area contributed by atoms with Gasteiger partial charge < -0.3 is 14.8 Å². The molecule has 0 aromatic heterocycles. The van der Waals surface area contributed by atoms with Gasteiger partial charge in [0.25, 0.3) is 0 Å². The van der Waals surface area contributed by atoms with Crippen molar-refractivity contribution in [3.8, 4) is 11.5 Å². The number of carbonyl (C=O) groups excluding carboxylic acids is 1. The average Bonchev–Trinajstić information content (AvgIpc) is 2.55. The Labute approximate surface area is 135 Å². The Hall–Kier alpha value is -2.56. The highest BCUT2D eigenvalue weighted by molar-refractivity contribution is 5.92. The summed E-state index contributed by atoms with van der Waals surface area (Å²) in [5.41, 5.74) is 2.50. The second kappa shape index (κ2) is 7.63.